The van der Waals surface area contributed by atoms with Crippen molar-refractivity contribution in [1.29, 1.82) is 0 Å². The lowest BCUT2D eigenvalue weighted by atomic mass is 9.95. The van der Waals surface area contributed by atoms with Crippen molar-refractivity contribution in [3.8, 4) is 0 Å². The average molecular weight is 296 g/mol. The van der Waals surface area contributed by atoms with Gasteiger partial charge in [0.2, 0.25) is 11.8 Å². The lowest BCUT2D eigenvalue weighted by Gasteiger charge is -2.32. The molecule has 2 aliphatic rings. The van der Waals surface area contributed by atoms with Gasteiger partial charge in [-0.3, -0.25) is 9.59 Å². The van der Waals surface area contributed by atoms with Crippen LogP contribution in [0.3, 0.4) is 0 Å². The van der Waals surface area contributed by atoms with Crippen molar-refractivity contribution >= 4 is 11.8 Å². The van der Waals surface area contributed by atoms with Crippen LogP contribution in [0.4, 0.5) is 0 Å². The summed E-state index contributed by atoms with van der Waals surface area (Å²) >= 11 is 0. The van der Waals surface area contributed by atoms with Gasteiger partial charge in [-0.05, 0) is 31.6 Å². The molecular formula is C16H28N2O3. The van der Waals surface area contributed by atoms with Gasteiger partial charge in [-0.2, -0.15) is 0 Å². The number of likely N-dealkylation sites (tertiary alicyclic amines) is 1. The van der Waals surface area contributed by atoms with E-state index in [9.17, 15) is 9.59 Å². The molecule has 0 aromatic heterocycles. The van der Waals surface area contributed by atoms with Crippen LogP contribution in [-0.4, -0.2) is 48.1 Å². The highest BCUT2D eigenvalue weighted by Gasteiger charge is 2.24. The van der Waals surface area contributed by atoms with E-state index in [1.807, 2.05) is 0 Å². The van der Waals surface area contributed by atoms with Crippen molar-refractivity contribution in [2.75, 3.05) is 26.2 Å². The van der Waals surface area contributed by atoms with Gasteiger partial charge in [0.25, 0.3) is 0 Å². The molecule has 1 saturated heterocycles. The van der Waals surface area contributed by atoms with E-state index in [-0.39, 0.29) is 17.7 Å². The molecule has 0 bridgehead atoms. The Hall–Kier alpha value is -1.10. The van der Waals surface area contributed by atoms with E-state index >= 15 is 0 Å². The van der Waals surface area contributed by atoms with Crippen LogP contribution in [0.15, 0.2) is 0 Å². The first-order valence-electron chi connectivity index (χ1n) is 8.37. The Morgan fingerprint density at radius 3 is 2.19 bits per heavy atom. The normalized spacial score (nSPS) is 21.9. The molecular weight excluding hydrogens is 268 g/mol. The van der Waals surface area contributed by atoms with E-state index in [0.717, 1.165) is 32.2 Å². The van der Waals surface area contributed by atoms with Crippen LogP contribution < -0.4 is 5.32 Å². The summed E-state index contributed by atoms with van der Waals surface area (Å²) in [5, 5.41) is 12.0. The number of aliphatic hydroxyl groups is 1. The van der Waals surface area contributed by atoms with Crippen LogP contribution in [0.1, 0.15) is 51.4 Å². The van der Waals surface area contributed by atoms with Gasteiger partial charge >= 0.3 is 0 Å². The molecule has 2 rings (SSSR count). The predicted molar refractivity (Wildman–Crippen MR) is 80.6 cm³/mol. The monoisotopic (exact) mass is 296 g/mol. The molecule has 1 heterocycles. The van der Waals surface area contributed by atoms with Crippen LogP contribution in [0, 0.1) is 11.8 Å². The molecule has 1 aliphatic carbocycles. The molecule has 2 amide bonds. The predicted octanol–water partition coefficient (Wildman–Crippen LogP) is 1.30. The Kier molecular flexibility index (Phi) is 6.49. The van der Waals surface area contributed by atoms with Gasteiger partial charge in [-0.1, -0.05) is 25.7 Å². The van der Waals surface area contributed by atoms with Crippen LogP contribution >= 0.6 is 0 Å². The van der Waals surface area contributed by atoms with Crippen molar-refractivity contribution in [1.82, 2.24) is 10.2 Å². The van der Waals surface area contributed by atoms with E-state index in [4.69, 9.17) is 5.11 Å². The molecule has 0 aromatic carbocycles. The highest BCUT2D eigenvalue weighted by Crippen LogP contribution is 2.23. The van der Waals surface area contributed by atoms with Crippen molar-refractivity contribution in [3.05, 3.63) is 0 Å². The topological polar surface area (TPSA) is 69.6 Å². The number of carbonyl (C=O) groups is 2. The molecule has 5 nitrogen and oxygen atoms in total. The summed E-state index contributed by atoms with van der Waals surface area (Å²) in [5.74, 6) is 0.715. The van der Waals surface area contributed by atoms with Gasteiger partial charge in [0.1, 0.15) is 6.61 Å². The van der Waals surface area contributed by atoms with Crippen molar-refractivity contribution in [2.24, 2.45) is 11.8 Å². The maximum atomic E-state index is 12.2. The number of hydrogen-bond donors (Lipinski definition) is 2. The van der Waals surface area contributed by atoms with Gasteiger partial charge in [-0.25, -0.2) is 0 Å². The maximum Gasteiger partial charge on any atom is 0.248 e. The molecule has 0 aromatic rings. The Bertz CT molecular complexity index is 343. The lowest BCUT2D eigenvalue weighted by molar-refractivity contribution is -0.135. The number of aliphatic hydroxyl groups excluding tert-OH is 1. The third-order valence-corrected chi connectivity index (χ3v) is 4.89. The summed E-state index contributed by atoms with van der Waals surface area (Å²) in [6.07, 6.45) is 8.79. The number of nitrogens with zero attached hydrogens (tertiary/aromatic N) is 1. The minimum absolute atomic E-state index is 0.184. The highest BCUT2D eigenvalue weighted by atomic mass is 16.3. The maximum absolute atomic E-state index is 12.2. The number of carbonyl (C=O) groups excluding carboxylic acids is 2. The molecule has 0 spiro atoms. The van der Waals surface area contributed by atoms with Crippen molar-refractivity contribution < 1.29 is 14.7 Å². The first-order chi connectivity index (χ1) is 10.2. The number of hydrogen-bond acceptors (Lipinski definition) is 3. The summed E-state index contributed by atoms with van der Waals surface area (Å²) in [4.78, 5) is 25.3. The zero-order chi connectivity index (χ0) is 15.1. The van der Waals surface area contributed by atoms with E-state index in [1.165, 1.54) is 25.7 Å². The Morgan fingerprint density at radius 2 is 1.62 bits per heavy atom. The Balaban J connectivity index is 1.67. The third-order valence-electron chi connectivity index (χ3n) is 4.89. The van der Waals surface area contributed by atoms with Crippen LogP contribution in [0.5, 0.6) is 0 Å². The number of rotatable bonds is 4. The van der Waals surface area contributed by atoms with Crippen LogP contribution in [-0.2, 0) is 9.59 Å². The summed E-state index contributed by atoms with van der Waals surface area (Å²) in [6, 6.07) is 0. The summed E-state index contributed by atoms with van der Waals surface area (Å²) in [6.45, 7) is 1.73. The quantitative estimate of drug-likeness (QED) is 0.768. The second kappa shape index (κ2) is 8.37. The molecule has 21 heavy (non-hydrogen) atoms. The molecule has 2 fully saturated rings. The molecule has 2 N–H and O–H groups in total. The lowest BCUT2D eigenvalue weighted by Crippen LogP contribution is -2.43. The van der Waals surface area contributed by atoms with E-state index < -0.39 is 6.61 Å². The van der Waals surface area contributed by atoms with Crippen molar-refractivity contribution in [3.63, 3.8) is 0 Å². The van der Waals surface area contributed by atoms with Crippen LogP contribution in [0.2, 0.25) is 0 Å². The average Bonchev–Trinajstić information content (AvgIpc) is 2.81. The van der Waals surface area contributed by atoms with Crippen LogP contribution in [0.25, 0.3) is 0 Å². The standard InChI is InChI=1S/C16H28N2O3/c19-12-15(20)18-9-7-13(8-10-18)11-17-16(21)14-5-3-1-2-4-6-14/h13-14,19H,1-12H2,(H,17,21). The number of piperidine rings is 1. The molecule has 1 aliphatic heterocycles. The number of nitrogens with one attached hydrogen (secondary N) is 1. The van der Waals surface area contributed by atoms with E-state index in [1.54, 1.807) is 4.90 Å². The minimum atomic E-state index is -0.400. The summed E-state index contributed by atoms with van der Waals surface area (Å²) < 4.78 is 0. The summed E-state index contributed by atoms with van der Waals surface area (Å²) in [7, 11) is 0. The SMILES string of the molecule is O=C(NCC1CCN(C(=O)CO)CC1)C1CCCCCC1. The summed E-state index contributed by atoms with van der Waals surface area (Å²) in [5.41, 5.74) is 0. The fraction of sp³-hybridized carbons (Fsp3) is 0.875. The molecule has 0 unspecified atom stereocenters. The Labute approximate surface area is 127 Å². The molecule has 120 valence electrons. The van der Waals surface area contributed by atoms with Gasteiger partial charge in [0, 0.05) is 25.6 Å². The fourth-order valence-corrected chi connectivity index (χ4v) is 3.42. The van der Waals surface area contributed by atoms with Gasteiger partial charge in [0.05, 0.1) is 0 Å². The number of amides is 2. The van der Waals surface area contributed by atoms with Gasteiger partial charge < -0.3 is 15.3 Å². The largest absolute Gasteiger partial charge is 0.387 e. The Morgan fingerprint density at radius 1 is 1.00 bits per heavy atom. The molecule has 1 saturated carbocycles. The van der Waals surface area contributed by atoms with Gasteiger partial charge in [-0.15, -0.1) is 0 Å². The first kappa shape index (κ1) is 16.3. The zero-order valence-electron chi connectivity index (χ0n) is 12.9. The fourth-order valence-electron chi connectivity index (χ4n) is 3.42. The van der Waals surface area contributed by atoms with Crippen molar-refractivity contribution in [2.45, 2.75) is 51.4 Å². The molecule has 5 heteroatoms. The molecule has 0 atom stereocenters. The molecule has 0 radical (unpaired) electrons. The third kappa shape index (κ3) is 4.99. The van der Waals surface area contributed by atoms with E-state index in [0.29, 0.717) is 19.0 Å². The second-order valence-electron chi connectivity index (χ2n) is 6.42. The first-order valence-corrected chi connectivity index (χ1v) is 8.37. The zero-order valence-corrected chi connectivity index (χ0v) is 12.9. The second-order valence-corrected chi connectivity index (χ2v) is 6.42. The minimum Gasteiger partial charge on any atom is -0.387 e. The smallest absolute Gasteiger partial charge is 0.248 e. The van der Waals surface area contributed by atoms with Gasteiger partial charge in [0.15, 0.2) is 0 Å². The van der Waals surface area contributed by atoms with E-state index in [2.05, 4.69) is 5.32 Å². The highest BCUT2D eigenvalue weighted by molar-refractivity contribution is 5.78.